The zero-order valence-corrected chi connectivity index (χ0v) is 36.9. The molecule has 11 heteroatoms. The van der Waals surface area contributed by atoms with Crippen molar-refractivity contribution in [2.75, 3.05) is 26.4 Å². The highest BCUT2D eigenvalue weighted by molar-refractivity contribution is 7.47. The number of hydrogen-bond donors (Lipinski definition) is 3. The van der Waals surface area contributed by atoms with E-state index in [-0.39, 0.29) is 12.8 Å². The van der Waals surface area contributed by atoms with Crippen molar-refractivity contribution in [3.8, 4) is 0 Å². The monoisotopic (exact) mass is 835 g/mol. The summed E-state index contributed by atoms with van der Waals surface area (Å²) in [7, 11) is -4.66. The summed E-state index contributed by atoms with van der Waals surface area (Å²) < 4.78 is 32.5. The number of aliphatic hydroxyl groups excluding tert-OH is 2. The maximum absolute atomic E-state index is 12.4. The summed E-state index contributed by atoms with van der Waals surface area (Å²) in [6, 6.07) is 0. The lowest BCUT2D eigenvalue weighted by Gasteiger charge is -2.20. The number of phosphoric ester groups is 1. The first-order chi connectivity index (χ1) is 28.3. The number of unbranched alkanes of at least 4 members (excludes halogenated alkanes) is 12. The van der Waals surface area contributed by atoms with Gasteiger partial charge in [-0.25, -0.2) is 4.57 Å². The van der Waals surface area contributed by atoms with E-state index >= 15 is 0 Å². The molecule has 0 rings (SSSR count). The van der Waals surface area contributed by atoms with Crippen molar-refractivity contribution in [3.63, 3.8) is 0 Å². The molecule has 0 spiro atoms. The first-order valence-corrected chi connectivity index (χ1v) is 23.5. The van der Waals surface area contributed by atoms with Crippen molar-refractivity contribution in [3.05, 3.63) is 85.1 Å². The van der Waals surface area contributed by atoms with Crippen molar-refractivity contribution < 1.29 is 47.8 Å². The highest BCUT2D eigenvalue weighted by atomic mass is 31.2. The summed E-state index contributed by atoms with van der Waals surface area (Å²) in [5.74, 6) is -1.07. The molecule has 0 saturated heterocycles. The van der Waals surface area contributed by atoms with Crippen molar-refractivity contribution in [2.45, 2.75) is 174 Å². The molecule has 0 aliphatic heterocycles. The topological polar surface area (TPSA) is 149 Å². The number of rotatable bonds is 40. The minimum Gasteiger partial charge on any atom is -0.457 e. The molecular formula is C47H79O10P. The van der Waals surface area contributed by atoms with Gasteiger partial charge in [0.2, 0.25) is 0 Å². The predicted octanol–water partition coefficient (Wildman–Crippen LogP) is 11.8. The number of phosphoric acid groups is 1. The number of carbonyl (C=O) groups excluding carboxylic acids is 2. The number of aliphatic hydroxyl groups is 2. The molecule has 3 unspecified atom stereocenters. The molecule has 3 N–H and O–H groups in total. The van der Waals surface area contributed by atoms with Crippen molar-refractivity contribution in [1.29, 1.82) is 0 Å². The Labute approximate surface area is 351 Å². The summed E-state index contributed by atoms with van der Waals surface area (Å²) in [5.41, 5.74) is 0. The van der Waals surface area contributed by atoms with Crippen LogP contribution in [0.15, 0.2) is 85.1 Å². The Balaban J connectivity index is 4.02. The summed E-state index contributed by atoms with van der Waals surface area (Å²) in [6.45, 7) is 2.00. The molecule has 332 valence electrons. The van der Waals surface area contributed by atoms with E-state index in [1.165, 1.54) is 32.1 Å². The lowest BCUT2D eigenvalue weighted by molar-refractivity contribution is -0.153. The van der Waals surface area contributed by atoms with E-state index in [1.54, 1.807) is 0 Å². The SMILES string of the molecule is CC/C=C\C/C=C\C/C=C\C/C=C\C/C=C\CCCCCC(=O)OC(CO)COP(=O)(O)OCC(CO)OC(=O)CCCCCCC/C=C\C/C=C\CCCCCC. The zero-order valence-electron chi connectivity index (χ0n) is 36.0. The van der Waals surface area contributed by atoms with Crippen LogP contribution in [0, 0.1) is 0 Å². The molecule has 0 aromatic heterocycles. The van der Waals surface area contributed by atoms with Crippen molar-refractivity contribution in [1.82, 2.24) is 0 Å². The largest absolute Gasteiger partial charge is 0.472 e. The minimum absolute atomic E-state index is 0.147. The lowest BCUT2D eigenvalue weighted by Crippen LogP contribution is -2.28. The minimum atomic E-state index is -4.66. The van der Waals surface area contributed by atoms with Crippen molar-refractivity contribution >= 4 is 19.8 Å². The van der Waals surface area contributed by atoms with Gasteiger partial charge in [0.05, 0.1) is 26.4 Å². The number of esters is 2. The van der Waals surface area contributed by atoms with Crippen LogP contribution in [0.2, 0.25) is 0 Å². The highest BCUT2D eigenvalue weighted by Gasteiger charge is 2.27. The Morgan fingerprint density at radius 3 is 1.19 bits per heavy atom. The Hall–Kier alpha value is -2.85. The van der Waals surface area contributed by atoms with Gasteiger partial charge in [-0.2, -0.15) is 0 Å². The van der Waals surface area contributed by atoms with Crippen LogP contribution in [0.3, 0.4) is 0 Å². The summed E-state index contributed by atoms with van der Waals surface area (Å²) in [4.78, 5) is 34.5. The standard InChI is InChI=1S/C47H79O10P/c1-3-5-7-9-11-13-15-17-19-21-22-23-25-27-29-31-33-35-37-39-47(51)57-45(41-49)43-55-58(52,53)54-42-44(40-48)56-46(50)38-36-34-32-30-28-26-24-20-18-16-14-12-10-8-6-4-2/h5,7,11,13-14,16-17,19-20,22-24,27,29,44-45,48-49H,3-4,6,8-10,12,15,18,21,25-26,28,30-43H2,1-2H3,(H,52,53)/b7-5-,13-11-,16-14-,19-17-,23-22-,24-20-,29-27-. The van der Waals surface area contributed by atoms with Gasteiger partial charge >= 0.3 is 19.8 Å². The molecule has 0 heterocycles. The predicted molar refractivity (Wildman–Crippen MR) is 237 cm³/mol. The Morgan fingerprint density at radius 1 is 0.483 bits per heavy atom. The molecule has 0 fully saturated rings. The molecule has 0 aliphatic carbocycles. The molecule has 0 aliphatic rings. The first kappa shape index (κ1) is 55.2. The normalized spacial score (nSPS) is 14.6. The van der Waals surface area contributed by atoms with E-state index in [1.807, 2.05) is 0 Å². The van der Waals surface area contributed by atoms with Gasteiger partial charge in [0, 0.05) is 12.8 Å². The summed E-state index contributed by atoms with van der Waals surface area (Å²) in [5, 5.41) is 19.2. The highest BCUT2D eigenvalue weighted by Crippen LogP contribution is 2.43. The van der Waals surface area contributed by atoms with E-state index in [0.717, 1.165) is 89.9 Å². The van der Waals surface area contributed by atoms with E-state index in [9.17, 15) is 29.3 Å². The fourth-order valence-corrected chi connectivity index (χ4v) is 6.25. The molecule has 0 aromatic carbocycles. The molecule has 0 amide bonds. The zero-order chi connectivity index (χ0) is 42.6. The maximum atomic E-state index is 12.4. The first-order valence-electron chi connectivity index (χ1n) is 22.0. The quantitative estimate of drug-likeness (QED) is 0.0236. The molecule has 0 aromatic rings. The van der Waals surface area contributed by atoms with Gasteiger partial charge < -0.3 is 24.6 Å². The third kappa shape index (κ3) is 40.0. The average Bonchev–Trinajstić information content (AvgIpc) is 3.21. The molecule has 58 heavy (non-hydrogen) atoms. The van der Waals surface area contributed by atoms with Crippen LogP contribution in [-0.4, -0.2) is 65.7 Å². The molecule has 0 radical (unpaired) electrons. The van der Waals surface area contributed by atoms with Crippen LogP contribution in [0.1, 0.15) is 162 Å². The van der Waals surface area contributed by atoms with E-state index < -0.39 is 58.4 Å². The molecule has 3 atom stereocenters. The van der Waals surface area contributed by atoms with Crippen LogP contribution >= 0.6 is 7.82 Å². The van der Waals surface area contributed by atoms with Gasteiger partial charge in [0.25, 0.3) is 0 Å². The average molecular weight is 835 g/mol. The second-order valence-corrected chi connectivity index (χ2v) is 15.7. The van der Waals surface area contributed by atoms with Gasteiger partial charge in [-0.05, 0) is 89.9 Å². The lowest BCUT2D eigenvalue weighted by atomic mass is 10.1. The second-order valence-electron chi connectivity index (χ2n) is 14.3. The number of carbonyl (C=O) groups is 2. The second kappa shape index (κ2) is 42.3. The van der Waals surface area contributed by atoms with Crippen molar-refractivity contribution in [2.24, 2.45) is 0 Å². The third-order valence-corrected chi connectivity index (χ3v) is 9.79. The van der Waals surface area contributed by atoms with Gasteiger partial charge in [0.15, 0.2) is 0 Å². The van der Waals surface area contributed by atoms with Crippen LogP contribution in [0.5, 0.6) is 0 Å². The number of hydrogen-bond acceptors (Lipinski definition) is 9. The van der Waals surface area contributed by atoms with E-state index in [0.29, 0.717) is 12.8 Å². The van der Waals surface area contributed by atoms with Gasteiger partial charge in [0.1, 0.15) is 12.2 Å². The third-order valence-electron chi connectivity index (χ3n) is 8.84. The van der Waals surface area contributed by atoms with Crippen LogP contribution in [0.4, 0.5) is 0 Å². The number of allylic oxidation sites excluding steroid dienone is 14. The summed E-state index contributed by atoms with van der Waals surface area (Å²) >= 11 is 0. The Kier molecular flexibility index (Phi) is 40.2. The molecular weight excluding hydrogens is 755 g/mol. The van der Waals surface area contributed by atoms with Crippen LogP contribution < -0.4 is 0 Å². The van der Waals surface area contributed by atoms with E-state index in [4.69, 9.17) is 18.5 Å². The maximum Gasteiger partial charge on any atom is 0.472 e. The van der Waals surface area contributed by atoms with Crippen LogP contribution in [0.25, 0.3) is 0 Å². The van der Waals surface area contributed by atoms with E-state index in [2.05, 4.69) is 98.9 Å². The summed E-state index contributed by atoms with van der Waals surface area (Å²) in [6.07, 6.45) is 49.8. The van der Waals surface area contributed by atoms with Gasteiger partial charge in [-0.3, -0.25) is 18.6 Å². The molecule has 0 saturated carbocycles. The van der Waals surface area contributed by atoms with Gasteiger partial charge in [-0.1, -0.05) is 144 Å². The fraction of sp³-hybridized carbons (Fsp3) is 0.660. The smallest absolute Gasteiger partial charge is 0.457 e. The fourth-order valence-electron chi connectivity index (χ4n) is 5.46. The van der Waals surface area contributed by atoms with Gasteiger partial charge in [-0.15, -0.1) is 0 Å². The molecule has 0 bridgehead atoms. The Bertz CT molecular complexity index is 1240. The van der Waals surface area contributed by atoms with Crippen LogP contribution in [-0.2, 0) is 32.7 Å². The Morgan fingerprint density at radius 2 is 0.810 bits per heavy atom. The molecule has 10 nitrogen and oxygen atoms in total. The number of ether oxygens (including phenoxy) is 2.